The van der Waals surface area contributed by atoms with Crippen LogP contribution in [-0.4, -0.2) is 46.5 Å². The van der Waals surface area contributed by atoms with E-state index in [0.717, 1.165) is 24.7 Å². The topological polar surface area (TPSA) is 140 Å². The second-order valence-corrected chi connectivity index (χ2v) is 8.17. The first-order chi connectivity index (χ1) is 15.7. The Bertz CT molecular complexity index is 1330. The molecule has 172 valence electrons. The molecule has 33 heavy (non-hydrogen) atoms. The second kappa shape index (κ2) is 9.67. The maximum atomic E-state index is 15.6. The van der Waals surface area contributed by atoms with Crippen molar-refractivity contribution in [3.05, 3.63) is 78.5 Å². The zero-order valence-electron chi connectivity index (χ0n) is 16.8. The van der Waals surface area contributed by atoms with E-state index in [-0.39, 0.29) is 4.90 Å². The van der Waals surface area contributed by atoms with E-state index < -0.39 is 56.8 Å². The van der Waals surface area contributed by atoms with Crippen molar-refractivity contribution < 1.29 is 36.6 Å². The molecule has 0 aliphatic carbocycles. The summed E-state index contributed by atoms with van der Waals surface area (Å²) < 4.78 is 62.0. The number of hydrogen-bond donors (Lipinski definition) is 2. The molecule has 0 saturated heterocycles. The minimum absolute atomic E-state index is 0.306. The van der Waals surface area contributed by atoms with Crippen LogP contribution in [0.3, 0.4) is 0 Å². The lowest BCUT2D eigenvalue weighted by Gasteiger charge is -2.15. The third kappa shape index (κ3) is 4.94. The number of hydrogen-bond acceptors (Lipinski definition) is 8. The SMILES string of the molecule is CNC(OC(=O)/C=C/C(=O)O)c1cn(S(=O)(=O)c2cccnc2)c(-c2cccnc2F)c1F. The number of carboxylic acid groups (broad SMARTS) is 1. The van der Waals surface area contributed by atoms with Gasteiger partial charge in [0.1, 0.15) is 10.6 Å². The summed E-state index contributed by atoms with van der Waals surface area (Å²) in [6, 6.07) is 4.99. The summed E-state index contributed by atoms with van der Waals surface area (Å²) in [7, 11) is -3.18. The van der Waals surface area contributed by atoms with Crippen LogP contribution in [0.4, 0.5) is 8.78 Å². The summed E-state index contributed by atoms with van der Waals surface area (Å²) in [5, 5.41) is 11.1. The maximum absolute atomic E-state index is 15.6. The van der Waals surface area contributed by atoms with Gasteiger partial charge < -0.3 is 9.84 Å². The minimum Gasteiger partial charge on any atom is -0.478 e. The number of aromatic nitrogens is 3. The van der Waals surface area contributed by atoms with Crippen molar-refractivity contribution in [2.45, 2.75) is 11.1 Å². The Kier molecular flexibility index (Phi) is 6.94. The Morgan fingerprint density at radius 1 is 1.21 bits per heavy atom. The molecule has 1 atom stereocenters. The van der Waals surface area contributed by atoms with Gasteiger partial charge in [-0.25, -0.2) is 31.4 Å². The van der Waals surface area contributed by atoms with Crippen LogP contribution in [0.1, 0.15) is 11.8 Å². The summed E-state index contributed by atoms with van der Waals surface area (Å²) >= 11 is 0. The van der Waals surface area contributed by atoms with Crippen LogP contribution in [0.15, 0.2) is 66.1 Å². The minimum atomic E-state index is -4.47. The van der Waals surface area contributed by atoms with Gasteiger partial charge in [0.15, 0.2) is 12.0 Å². The quantitative estimate of drug-likeness (QED) is 0.215. The molecule has 0 aliphatic rings. The van der Waals surface area contributed by atoms with Gasteiger partial charge in [-0.2, -0.15) is 4.39 Å². The number of nitrogens with one attached hydrogen (secondary N) is 1. The zero-order valence-corrected chi connectivity index (χ0v) is 17.7. The van der Waals surface area contributed by atoms with Crippen LogP contribution in [0.2, 0.25) is 0 Å². The molecule has 3 rings (SSSR count). The summed E-state index contributed by atoms with van der Waals surface area (Å²) in [4.78, 5) is 29.3. The number of ether oxygens (including phenoxy) is 1. The Morgan fingerprint density at radius 2 is 1.94 bits per heavy atom. The number of rotatable bonds is 8. The van der Waals surface area contributed by atoms with Crippen LogP contribution in [0.25, 0.3) is 11.3 Å². The first-order valence-corrected chi connectivity index (χ1v) is 10.6. The molecule has 0 amide bonds. The van der Waals surface area contributed by atoms with Gasteiger partial charge in [0.2, 0.25) is 5.95 Å². The van der Waals surface area contributed by atoms with E-state index in [1.165, 1.54) is 31.4 Å². The fourth-order valence-electron chi connectivity index (χ4n) is 2.84. The number of carbonyl (C=O) groups is 2. The third-order valence-corrected chi connectivity index (χ3v) is 5.93. The molecule has 3 aromatic heterocycles. The molecule has 0 saturated carbocycles. The van der Waals surface area contributed by atoms with Crippen molar-refractivity contribution in [3.8, 4) is 11.3 Å². The molecule has 10 nitrogen and oxygen atoms in total. The van der Waals surface area contributed by atoms with E-state index in [0.29, 0.717) is 16.1 Å². The molecule has 13 heteroatoms. The molecule has 1 unspecified atom stereocenters. The lowest BCUT2D eigenvalue weighted by molar-refractivity contribution is -0.145. The first kappa shape index (κ1) is 23.7. The lowest BCUT2D eigenvalue weighted by atomic mass is 10.1. The van der Waals surface area contributed by atoms with Crippen LogP contribution in [-0.2, 0) is 24.3 Å². The Hall–Kier alpha value is -3.97. The van der Waals surface area contributed by atoms with Crippen LogP contribution < -0.4 is 5.32 Å². The van der Waals surface area contributed by atoms with Gasteiger partial charge in [-0.3, -0.25) is 10.3 Å². The largest absolute Gasteiger partial charge is 0.478 e. The average molecular weight is 478 g/mol. The number of pyridine rings is 2. The van der Waals surface area contributed by atoms with Crippen LogP contribution in [0, 0.1) is 11.8 Å². The zero-order chi connectivity index (χ0) is 24.2. The molecule has 0 bridgehead atoms. The summed E-state index contributed by atoms with van der Waals surface area (Å²) in [5.41, 5.74) is -1.60. The monoisotopic (exact) mass is 478 g/mol. The predicted octanol–water partition coefficient (Wildman–Crippen LogP) is 1.86. The number of aliphatic carboxylic acids is 1. The van der Waals surface area contributed by atoms with Gasteiger partial charge in [0, 0.05) is 36.9 Å². The predicted molar refractivity (Wildman–Crippen MR) is 109 cm³/mol. The standard InChI is InChI=1S/C20H16F2N4O6S/c1-23-20(32-16(29)7-6-15(27)28)14-11-26(33(30,31)12-4-2-8-24-10-12)18(17(14)21)13-5-3-9-25-19(13)22/h2-11,20,23H,1H3,(H,27,28)/b7-6+. The number of carbonyl (C=O) groups excluding carboxylic acids is 1. The Balaban J connectivity index is 2.20. The van der Waals surface area contributed by atoms with E-state index >= 15 is 4.39 Å². The lowest BCUT2D eigenvalue weighted by Crippen LogP contribution is -2.23. The van der Waals surface area contributed by atoms with Gasteiger partial charge in [0.25, 0.3) is 10.0 Å². The van der Waals surface area contributed by atoms with E-state index in [2.05, 4.69) is 15.3 Å². The maximum Gasteiger partial charge on any atom is 0.332 e. The highest BCUT2D eigenvalue weighted by Crippen LogP contribution is 2.34. The third-order valence-electron chi connectivity index (χ3n) is 4.28. The van der Waals surface area contributed by atoms with Crippen molar-refractivity contribution in [2.75, 3.05) is 7.05 Å². The summed E-state index contributed by atoms with van der Waals surface area (Å²) in [6.45, 7) is 0. The van der Waals surface area contributed by atoms with Gasteiger partial charge in [-0.1, -0.05) is 0 Å². The van der Waals surface area contributed by atoms with Crippen molar-refractivity contribution in [1.29, 1.82) is 0 Å². The van der Waals surface area contributed by atoms with E-state index in [1.54, 1.807) is 0 Å². The molecule has 0 aromatic carbocycles. The Labute approximate surface area is 186 Å². The fraction of sp³-hybridized carbons (Fsp3) is 0.100. The molecule has 2 N–H and O–H groups in total. The number of esters is 1. The van der Waals surface area contributed by atoms with E-state index in [4.69, 9.17) is 9.84 Å². The molecule has 0 radical (unpaired) electrons. The number of halogens is 2. The van der Waals surface area contributed by atoms with E-state index in [9.17, 15) is 22.4 Å². The highest BCUT2D eigenvalue weighted by atomic mass is 32.2. The summed E-state index contributed by atoms with van der Waals surface area (Å²) in [6.07, 6.45) is 3.86. The molecular formula is C20H16F2N4O6S. The van der Waals surface area contributed by atoms with Crippen LogP contribution >= 0.6 is 0 Å². The number of nitrogens with zero attached hydrogens (tertiary/aromatic N) is 3. The summed E-state index contributed by atoms with van der Waals surface area (Å²) in [5.74, 6) is -4.90. The molecule has 0 fully saturated rings. The molecule has 3 heterocycles. The highest BCUT2D eigenvalue weighted by molar-refractivity contribution is 7.90. The molecule has 0 aliphatic heterocycles. The molecule has 3 aromatic rings. The van der Waals surface area contributed by atoms with Gasteiger partial charge in [0.05, 0.1) is 11.1 Å². The molecular weight excluding hydrogens is 462 g/mol. The highest BCUT2D eigenvalue weighted by Gasteiger charge is 2.32. The fourth-order valence-corrected chi connectivity index (χ4v) is 4.18. The van der Waals surface area contributed by atoms with Gasteiger partial charge in [-0.05, 0) is 31.3 Å². The van der Waals surface area contributed by atoms with Crippen LogP contribution in [0.5, 0.6) is 0 Å². The molecule has 0 spiro atoms. The smallest absolute Gasteiger partial charge is 0.332 e. The van der Waals surface area contributed by atoms with Crippen molar-refractivity contribution in [2.24, 2.45) is 0 Å². The van der Waals surface area contributed by atoms with Crippen molar-refractivity contribution >= 4 is 22.0 Å². The van der Waals surface area contributed by atoms with Crippen molar-refractivity contribution in [1.82, 2.24) is 19.3 Å². The average Bonchev–Trinajstić information content (AvgIpc) is 3.14. The normalized spacial score (nSPS) is 12.6. The number of carboxylic acids is 1. The second-order valence-electron chi connectivity index (χ2n) is 6.36. The van der Waals surface area contributed by atoms with Crippen molar-refractivity contribution in [3.63, 3.8) is 0 Å². The van der Waals surface area contributed by atoms with Gasteiger partial charge >= 0.3 is 11.9 Å². The Morgan fingerprint density at radius 3 is 2.55 bits per heavy atom. The first-order valence-electron chi connectivity index (χ1n) is 9.13. The van der Waals surface area contributed by atoms with Gasteiger partial charge in [-0.15, -0.1) is 0 Å². The van der Waals surface area contributed by atoms with E-state index in [1.807, 2.05) is 0 Å².